The first-order valence-electron chi connectivity index (χ1n) is 12.5. The number of aromatic hydroxyl groups is 1. The molecule has 1 spiro atoms. The van der Waals surface area contributed by atoms with Gasteiger partial charge in [0.05, 0.1) is 5.60 Å². The Kier molecular flexibility index (Phi) is 4.67. The highest BCUT2D eigenvalue weighted by Gasteiger charge is 2.77. The third-order valence-corrected chi connectivity index (χ3v) is 11.0. The molecule has 1 aromatic carbocycles. The predicted molar refractivity (Wildman–Crippen MR) is 125 cm³/mol. The summed E-state index contributed by atoms with van der Waals surface area (Å²) in [5, 5.41) is 27.0. The number of ether oxygens (including phenoxy) is 2. The molecule has 2 heterocycles. The van der Waals surface area contributed by atoms with Gasteiger partial charge in [-0.05, 0) is 75.0 Å². The van der Waals surface area contributed by atoms with Crippen LogP contribution in [0, 0.1) is 16.7 Å². The Morgan fingerprint density at radius 1 is 1.25 bits per heavy atom. The Hall–Kier alpha value is -1.30. The lowest BCUT2D eigenvalue weighted by molar-refractivity contribution is -0.267. The van der Waals surface area contributed by atoms with Crippen LogP contribution in [0.15, 0.2) is 12.1 Å². The summed E-state index contributed by atoms with van der Waals surface area (Å²) in [7, 11) is 1.77. The van der Waals surface area contributed by atoms with E-state index in [2.05, 4.69) is 46.0 Å². The number of aliphatic hydroxyl groups is 1. The van der Waals surface area contributed by atoms with E-state index in [1.807, 2.05) is 6.92 Å². The fourth-order valence-electron chi connectivity index (χ4n) is 8.41. The molecule has 2 bridgehead atoms. The number of nitrogens with one attached hydrogen (secondary N) is 1. The molecule has 5 nitrogen and oxygen atoms in total. The molecule has 0 amide bonds. The lowest BCUT2D eigenvalue weighted by Crippen LogP contribution is -2.79. The first-order chi connectivity index (χ1) is 15.0. The van der Waals surface area contributed by atoms with E-state index >= 15 is 0 Å². The van der Waals surface area contributed by atoms with Gasteiger partial charge in [0, 0.05) is 30.0 Å². The van der Waals surface area contributed by atoms with Crippen LogP contribution in [-0.2, 0) is 16.6 Å². The average Bonchev–Trinajstić information content (AvgIpc) is 3.12. The Morgan fingerprint density at radius 2 is 1.97 bits per heavy atom. The van der Waals surface area contributed by atoms with Crippen molar-refractivity contribution in [2.45, 2.75) is 102 Å². The number of piperidine rings is 1. The number of hydrogen-bond acceptors (Lipinski definition) is 5. The van der Waals surface area contributed by atoms with Crippen molar-refractivity contribution in [2.24, 2.45) is 16.7 Å². The SMILES string of the molecule is CCC(C)(C)[C@@](C)(O)[C@H]1C[C@]2(CC)[C@H]3Cc4ccc(O)c5c4[C@@]2(CCN3)[C@@H](O5)[C@]1(C)OC. The molecule has 0 aromatic heterocycles. The Labute approximate surface area is 192 Å². The summed E-state index contributed by atoms with van der Waals surface area (Å²) in [4.78, 5) is 0. The van der Waals surface area contributed by atoms with Crippen LogP contribution in [0.5, 0.6) is 11.5 Å². The van der Waals surface area contributed by atoms with Crippen molar-refractivity contribution < 1.29 is 19.7 Å². The number of phenolic OH excluding ortho intramolecular Hbond substituents is 1. The molecule has 2 aliphatic carbocycles. The normalized spacial score (nSPS) is 41.6. The molecule has 1 aromatic rings. The van der Waals surface area contributed by atoms with Gasteiger partial charge in [0.2, 0.25) is 0 Å². The zero-order valence-corrected chi connectivity index (χ0v) is 20.8. The van der Waals surface area contributed by atoms with Crippen molar-refractivity contribution in [3.8, 4) is 11.5 Å². The van der Waals surface area contributed by atoms with Gasteiger partial charge in [0.25, 0.3) is 0 Å². The fraction of sp³-hybridized carbons (Fsp3) is 0.778. The highest BCUT2D eigenvalue weighted by atomic mass is 16.6. The van der Waals surface area contributed by atoms with Gasteiger partial charge in [0.15, 0.2) is 11.5 Å². The van der Waals surface area contributed by atoms with Crippen LogP contribution in [-0.4, -0.2) is 47.2 Å². The van der Waals surface area contributed by atoms with Crippen LogP contribution >= 0.6 is 0 Å². The molecule has 2 fully saturated rings. The standard InChI is InChI=1S/C27H41NO4/c1-8-23(3,4)25(6,30)18-15-26(9-2)19-14-16-10-11-17(29)21-20(16)27(26,12-13-28-19)22(32-21)24(18,5)31-7/h10-11,18-19,22,28-30H,8-9,12-15H2,1-7H3/t18-,19+,22-,24+,25-,26+,27-/m0/s1. The second-order valence-electron chi connectivity index (χ2n) is 11.9. The molecule has 1 saturated carbocycles. The van der Waals surface area contributed by atoms with Gasteiger partial charge in [-0.15, -0.1) is 0 Å². The zero-order chi connectivity index (χ0) is 23.3. The molecule has 1 saturated heterocycles. The first-order valence-corrected chi connectivity index (χ1v) is 12.5. The summed E-state index contributed by atoms with van der Waals surface area (Å²) in [6, 6.07) is 4.20. The molecule has 5 heteroatoms. The maximum Gasteiger partial charge on any atom is 0.165 e. The van der Waals surface area contributed by atoms with E-state index in [4.69, 9.17) is 9.47 Å². The van der Waals surface area contributed by atoms with Gasteiger partial charge >= 0.3 is 0 Å². The van der Waals surface area contributed by atoms with Gasteiger partial charge in [0.1, 0.15) is 11.7 Å². The van der Waals surface area contributed by atoms with E-state index in [9.17, 15) is 10.2 Å². The quantitative estimate of drug-likeness (QED) is 0.632. The number of hydrogen-bond donors (Lipinski definition) is 3. The molecule has 0 radical (unpaired) electrons. The Morgan fingerprint density at radius 3 is 2.59 bits per heavy atom. The maximum atomic E-state index is 12.2. The van der Waals surface area contributed by atoms with E-state index in [0.29, 0.717) is 11.8 Å². The summed E-state index contributed by atoms with van der Waals surface area (Å²) >= 11 is 0. The molecule has 3 N–H and O–H groups in total. The van der Waals surface area contributed by atoms with Crippen molar-refractivity contribution in [3.63, 3.8) is 0 Å². The minimum atomic E-state index is -0.953. The summed E-state index contributed by atoms with van der Waals surface area (Å²) < 4.78 is 13.2. The van der Waals surface area contributed by atoms with Crippen LogP contribution in [0.25, 0.3) is 0 Å². The second-order valence-corrected chi connectivity index (χ2v) is 11.9. The predicted octanol–water partition coefficient (Wildman–Crippen LogP) is 4.32. The van der Waals surface area contributed by atoms with E-state index in [0.717, 1.165) is 38.6 Å². The topological polar surface area (TPSA) is 71.0 Å². The molecule has 7 atom stereocenters. The van der Waals surface area contributed by atoms with Gasteiger partial charge in [-0.3, -0.25) is 0 Å². The molecular weight excluding hydrogens is 402 g/mol. The van der Waals surface area contributed by atoms with Gasteiger partial charge in [-0.2, -0.15) is 0 Å². The van der Waals surface area contributed by atoms with E-state index in [-0.39, 0.29) is 34.0 Å². The van der Waals surface area contributed by atoms with Crippen molar-refractivity contribution in [3.05, 3.63) is 23.3 Å². The fourth-order valence-corrected chi connectivity index (χ4v) is 8.41. The number of methoxy groups -OCH3 is 1. The molecule has 2 aliphatic heterocycles. The molecular formula is C27H41NO4. The van der Waals surface area contributed by atoms with Gasteiger partial charge in [-0.1, -0.05) is 33.8 Å². The lowest BCUT2D eigenvalue weighted by Gasteiger charge is -2.70. The molecule has 178 valence electrons. The minimum absolute atomic E-state index is 0.0710. The van der Waals surface area contributed by atoms with Crippen molar-refractivity contribution >= 4 is 0 Å². The number of benzene rings is 1. The van der Waals surface area contributed by atoms with Crippen LogP contribution in [0.4, 0.5) is 0 Å². The third kappa shape index (κ3) is 2.26. The number of rotatable bonds is 5. The highest BCUT2D eigenvalue weighted by molar-refractivity contribution is 5.62. The molecule has 0 unspecified atom stereocenters. The average molecular weight is 444 g/mol. The molecule has 5 rings (SSSR count). The molecule has 32 heavy (non-hydrogen) atoms. The van der Waals surface area contributed by atoms with Crippen LogP contribution in [0.3, 0.4) is 0 Å². The smallest absolute Gasteiger partial charge is 0.165 e. The number of phenols is 1. The summed E-state index contributed by atoms with van der Waals surface area (Å²) in [5.41, 5.74) is 0.275. The van der Waals surface area contributed by atoms with E-state index < -0.39 is 11.2 Å². The Bertz CT molecular complexity index is 942. The zero-order valence-electron chi connectivity index (χ0n) is 20.8. The highest BCUT2D eigenvalue weighted by Crippen LogP contribution is 2.73. The third-order valence-electron chi connectivity index (χ3n) is 11.0. The minimum Gasteiger partial charge on any atom is -0.504 e. The largest absolute Gasteiger partial charge is 0.504 e. The van der Waals surface area contributed by atoms with Crippen LogP contribution in [0.1, 0.15) is 78.4 Å². The monoisotopic (exact) mass is 443 g/mol. The van der Waals surface area contributed by atoms with Crippen LogP contribution < -0.4 is 10.1 Å². The summed E-state index contributed by atoms with van der Waals surface area (Å²) in [6.45, 7) is 13.9. The van der Waals surface area contributed by atoms with Gasteiger partial charge in [-0.25, -0.2) is 0 Å². The van der Waals surface area contributed by atoms with E-state index in [1.165, 1.54) is 11.1 Å². The molecule has 4 aliphatic rings. The van der Waals surface area contributed by atoms with E-state index in [1.54, 1.807) is 13.2 Å². The second kappa shape index (κ2) is 6.64. The Balaban J connectivity index is 1.80. The van der Waals surface area contributed by atoms with Crippen molar-refractivity contribution in [2.75, 3.05) is 13.7 Å². The van der Waals surface area contributed by atoms with Crippen molar-refractivity contribution in [1.82, 2.24) is 5.32 Å². The lowest BCUT2D eigenvalue weighted by atomic mass is 9.37. The maximum absolute atomic E-state index is 12.2. The first kappa shape index (κ1) is 22.5. The van der Waals surface area contributed by atoms with Crippen molar-refractivity contribution in [1.29, 1.82) is 0 Å². The summed E-state index contributed by atoms with van der Waals surface area (Å²) in [5.74, 6) is 0.766. The van der Waals surface area contributed by atoms with Gasteiger partial charge < -0.3 is 25.0 Å². The summed E-state index contributed by atoms with van der Waals surface area (Å²) in [6.07, 6.45) is 4.37. The van der Waals surface area contributed by atoms with Crippen LogP contribution in [0.2, 0.25) is 0 Å².